The molecule has 0 fully saturated rings. The second-order valence-electron chi connectivity index (χ2n) is 2.62. The fourth-order valence-electron chi connectivity index (χ4n) is 0.981. The molecule has 1 aromatic rings. The number of ether oxygens (including phenoxy) is 1. The van der Waals surface area contributed by atoms with Gasteiger partial charge in [-0.15, -0.1) is 6.42 Å². The molecule has 0 radical (unpaired) electrons. The zero-order valence-electron chi connectivity index (χ0n) is 7.74. The molecule has 0 unspecified atom stereocenters. The summed E-state index contributed by atoms with van der Waals surface area (Å²) in [6.45, 7) is 0.316. The van der Waals surface area contributed by atoms with Crippen LogP contribution < -0.4 is 4.74 Å². The van der Waals surface area contributed by atoms with Gasteiger partial charge in [-0.1, -0.05) is 46.1 Å². The van der Waals surface area contributed by atoms with Crippen LogP contribution >= 0.6 is 15.9 Å². The van der Waals surface area contributed by atoms with Gasteiger partial charge in [-0.25, -0.2) is 0 Å². The lowest BCUT2D eigenvalue weighted by Crippen LogP contribution is -1.92. The van der Waals surface area contributed by atoms with Gasteiger partial charge >= 0.3 is 0 Å². The quantitative estimate of drug-likeness (QED) is 0.590. The third-order valence-corrected chi connectivity index (χ3v) is 1.98. The highest BCUT2D eigenvalue weighted by Crippen LogP contribution is 2.12. The molecule has 0 saturated carbocycles. The number of terminal acetylenes is 1. The van der Waals surface area contributed by atoms with E-state index in [1.807, 2.05) is 36.4 Å². The van der Waals surface area contributed by atoms with Crippen LogP contribution in [-0.2, 0) is 0 Å². The van der Waals surface area contributed by atoms with E-state index in [9.17, 15) is 0 Å². The summed E-state index contributed by atoms with van der Waals surface area (Å²) in [5.74, 6) is 3.23. The molecule has 2 heteroatoms. The van der Waals surface area contributed by atoms with Gasteiger partial charge < -0.3 is 4.74 Å². The fraction of sp³-hybridized carbons (Fsp3) is 0.167. The van der Waals surface area contributed by atoms with E-state index in [-0.39, 0.29) is 0 Å². The first-order chi connectivity index (χ1) is 6.86. The van der Waals surface area contributed by atoms with Crippen LogP contribution in [0.4, 0.5) is 0 Å². The SMILES string of the molecule is C#CCOc1ccc(C=CCBr)cc1. The number of alkyl halides is 1. The zero-order chi connectivity index (χ0) is 10.2. The topological polar surface area (TPSA) is 9.23 Å². The molecule has 0 heterocycles. The predicted octanol–water partition coefficient (Wildman–Crippen LogP) is 3.11. The Hall–Kier alpha value is -1.20. The van der Waals surface area contributed by atoms with Crippen molar-refractivity contribution >= 4 is 22.0 Å². The smallest absolute Gasteiger partial charge is 0.148 e. The third kappa shape index (κ3) is 3.68. The van der Waals surface area contributed by atoms with E-state index in [4.69, 9.17) is 11.2 Å². The largest absolute Gasteiger partial charge is 0.481 e. The van der Waals surface area contributed by atoms with Crippen molar-refractivity contribution in [3.8, 4) is 18.1 Å². The number of halogens is 1. The number of rotatable bonds is 4. The van der Waals surface area contributed by atoms with Crippen molar-refractivity contribution in [2.24, 2.45) is 0 Å². The molecule has 0 atom stereocenters. The summed E-state index contributed by atoms with van der Waals surface area (Å²) in [6, 6.07) is 7.80. The average molecular weight is 251 g/mol. The van der Waals surface area contributed by atoms with Crippen LogP contribution in [0.3, 0.4) is 0 Å². The van der Waals surface area contributed by atoms with Crippen molar-refractivity contribution in [3.05, 3.63) is 35.9 Å². The molecule has 72 valence electrons. The van der Waals surface area contributed by atoms with Crippen molar-refractivity contribution < 1.29 is 4.74 Å². The number of hydrogen-bond acceptors (Lipinski definition) is 1. The standard InChI is InChI=1S/C12H11BrO/c1-2-10-14-12-7-5-11(6-8-12)4-3-9-13/h1,3-8H,9-10H2. The molecule has 0 aromatic heterocycles. The van der Waals surface area contributed by atoms with E-state index in [1.54, 1.807) is 0 Å². The summed E-state index contributed by atoms with van der Waals surface area (Å²) in [5.41, 5.74) is 1.15. The van der Waals surface area contributed by atoms with Gasteiger partial charge in [0.25, 0.3) is 0 Å². The van der Waals surface area contributed by atoms with Crippen molar-refractivity contribution in [1.82, 2.24) is 0 Å². The third-order valence-electron chi connectivity index (χ3n) is 1.60. The van der Waals surface area contributed by atoms with Gasteiger partial charge in [-0.3, -0.25) is 0 Å². The molecular weight excluding hydrogens is 240 g/mol. The minimum atomic E-state index is 0.316. The highest BCUT2D eigenvalue weighted by molar-refractivity contribution is 9.09. The van der Waals surface area contributed by atoms with Crippen molar-refractivity contribution in [2.75, 3.05) is 11.9 Å². The molecule has 1 nitrogen and oxygen atoms in total. The van der Waals surface area contributed by atoms with Crippen molar-refractivity contribution in [3.63, 3.8) is 0 Å². The van der Waals surface area contributed by atoms with Gasteiger partial charge in [0.15, 0.2) is 0 Å². The first-order valence-electron chi connectivity index (χ1n) is 4.25. The summed E-state index contributed by atoms with van der Waals surface area (Å²) in [4.78, 5) is 0. The van der Waals surface area contributed by atoms with Gasteiger partial charge in [0.1, 0.15) is 12.4 Å². The maximum Gasteiger partial charge on any atom is 0.148 e. The molecule has 0 aliphatic rings. The van der Waals surface area contributed by atoms with Gasteiger partial charge in [-0.05, 0) is 17.7 Å². The Labute approximate surface area is 92.9 Å². The molecule has 1 rings (SSSR count). The maximum absolute atomic E-state index is 5.25. The lowest BCUT2D eigenvalue weighted by Gasteiger charge is -2.01. The van der Waals surface area contributed by atoms with Crippen LogP contribution in [0.5, 0.6) is 5.75 Å². The van der Waals surface area contributed by atoms with Gasteiger partial charge in [0.2, 0.25) is 0 Å². The molecular formula is C12H11BrO. The molecule has 14 heavy (non-hydrogen) atoms. The lowest BCUT2D eigenvalue weighted by atomic mass is 10.2. The molecule has 0 aliphatic carbocycles. The van der Waals surface area contributed by atoms with Gasteiger partial charge in [0, 0.05) is 5.33 Å². The van der Waals surface area contributed by atoms with E-state index < -0.39 is 0 Å². The van der Waals surface area contributed by atoms with Crippen LogP contribution in [-0.4, -0.2) is 11.9 Å². The Kier molecular flexibility index (Phi) is 4.88. The number of hydrogen-bond donors (Lipinski definition) is 0. The van der Waals surface area contributed by atoms with Gasteiger partial charge in [-0.2, -0.15) is 0 Å². The van der Waals surface area contributed by atoms with Gasteiger partial charge in [0.05, 0.1) is 0 Å². The maximum atomic E-state index is 5.25. The normalized spacial score (nSPS) is 10.0. The Morgan fingerprint density at radius 3 is 2.64 bits per heavy atom. The predicted molar refractivity (Wildman–Crippen MR) is 63.6 cm³/mol. The highest BCUT2D eigenvalue weighted by Gasteiger charge is 1.91. The second kappa shape index (κ2) is 6.28. The highest BCUT2D eigenvalue weighted by atomic mass is 79.9. The first kappa shape index (κ1) is 10.9. The van der Waals surface area contributed by atoms with E-state index in [0.29, 0.717) is 6.61 Å². The molecule has 1 aromatic carbocycles. The summed E-state index contributed by atoms with van der Waals surface area (Å²) in [7, 11) is 0. The van der Waals surface area contributed by atoms with Crippen LogP contribution in [0.1, 0.15) is 5.56 Å². The number of benzene rings is 1. The molecule has 0 amide bonds. The Morgan fingerprint density at radius 2 is 2.07 bits per heavy atom. The average Bonchev–Trinajstić information content (AvgIpc) is 2.25. The van der Waals surface area contributed by atoms with Crippen LogP contribution in [0.15, 0.2) is 30.3 Å². The monoisotopic (exact) mass is 250 g/mol. The van der Waals surface area contributed by atoms with E-state index in [1.165, 1.54) is 0 Å². The minimum absolute atomic E-state index is 0.316. The molecule has 0 aliphatic heterocycles. The summed E-state index contributed by atoms with van der Waals surface area (Å²) < 4.78 is 5.25. The Morgan fingerprint density at radius 1 is 1.36 bits per heavy atom. The summed E-state index contributed by atoms with van der Waals surface area (Å²) in [6.07, 6.45) is 9.16. The zero-order valence-corrected chi connectivity index (χ0v) is 9.33. The minimum Gasteiger partial charge on any atom is -0.481 e. The second-order valence-corrected chi connectivity index (χ2v) is 3.27. The lowest BCUT2D eigenvalue weighted by molar-refractivity contribution is 0.370. The van der Waals surface area contributed by atoms with E-state index >= 15 is 0 Å². The van der Waals surface area contributed by atoms with Crippen molar-refractivity contribution in [2.45, 2.75) is 0 Å². The Bertz CT molecular complexity index is 332. The van der Waals surface area contributed by atoms with E-state index in [2.05, 4.69) is 21.9 Å². The molecule has 0 saturated heterocycles. The van der Waals surface area contributed by atoms with Crippen LogP contribution in [0.25, 0.3) is 6.08 Å². The molecule has 0 spiro atoms. The van der Waals surface area contributed by atoms with Crippen LogP contribution in [0, 0.1) is 12.3 Å². The number of allylic oxidation sites excluding steroid dienone is 1. The molecule has 0 N–H and O–H groups in total. The van der Waals surface area contributed by atoms with E-state index in [0.717, 1.165) is 16.6 Å². The Balaban J connectivity index is 2.60. The summed E-state index contributed by atoms with van der Waals surface area (Å²) in [5, 5.41) is 0.863. The summed E-state index contributed by atoms with van der Waals surface area (Å²) >= 11 is 3.32. The fourth-order valence-corrected chi connectivity index (χ4v) is 1.17. The molecule has 0 bridgehead atoms. The van der Waals surface area contributed by atoms with Crippen molar-refractivity contribution in [1.29, 1.82) is 0 Å². The first-order valence-corrected chi connectivity index (χ1v) is 5.38. The van der Waals surface area contributed by atoms with Crippen LogP contribution in [0.2, 0.25) is 0 Å².